The zero-order chi connectivity index (χ0) is 13.3. The van der Waals surface area contributed by atoms with Crippen LogP contribution in [0, 0.1) is 0 Å². The number of rotatable bonds is 9. The average molecular weight is 273 g/mol. The van der Waals surface area contributed by atoms with Gasteiger partial charge in [-0.3, -0.25) is 0 Å². The summed E-state index contributed by atoms with van der Waals surface area (Å²) in [6, 6.07) is 0. The lowest BCUT2D eigenvalue weighted by Crippen LogP contribution is -2.46. The molecule has 1 fully saturated rings. The second-order valence-electron chi connectivity index (χ2n) is 4.42. The molecule has 1 aliphatic heterocycles. The van der Waals surface area contributed by atoms with Crippen LogP contribution in [0.25, 0.3) is 0 Å². The highest BCUT2D eigenvalue weighted by Crippen LogP contribution is 2.12. The maximum atomic E-state index is 5.90. The van der Waals surface area contributed by atoms with Crippen molar-refractivity contribution in [1.82, 2.24) is 4.90 Å². The lowest BCUT2D eigenvalue weighted by atomic mass is 10.1. The van der Waals surface area contributed by atoms with E-state index in [-0.39, 0.29) is 0 Å². The first kappa shape index (κ1) is 15.9. The van der Waals surface area contributed by atoms with E-state index in [0.29, 0.717) is 19.8 Å². The van der Waals surface area contributed by atoms with Gasteiger partial charge in [0, 0.05) is 19.8 Å². The molecular formula is C13H27NO3Si. The summed E-state index contributed by atoms with van der Waals surface area (Å²) in [6.45, 7) is 12.9. The maximum absolute atomic E-state index is 5.90. The number of piperidine rings is 1. The molecule has 1 rings (SSSR count). The molecule has 0 amide bonds. The van der Waals surface area contributed by atoms with E-state index in [1.807, 2.05) is 13.8 Å². The summed E-state index contributed by atoms with van der Waals surface area (Å²) in [5.41, 5.74) is 1.73. The van der Waals surface area contributed by atoms with Crippen molar-refractivity contribution in [3.8, 4) is 0 Å². The van der Waals surface area contributed by atoms with Crippen molar-refractivity contribution < 1.29 is 13.3 Å². The highest BCUT2D eigenvalue weighted by Gasteiger charge is 2.37. The summed E-state index contributed by atoms with van der Waals surface area (Å²) < 4.78 is 17.2. The predicted molar refractivity (Wildman–Crippen MR) is 75.4 cm³/mol. The Bertz CT molecular complexity index is 226. The first-order valence-electron chi connectivity index (χ1n) is 7.04. The first-order valence-corrected chi connectivity index (χ1v) is 8.84. The van der Waals surface area contributed by atoms with Crippen molar-refractivity contribution in [1.29, 1.82) is 0 Å². The molecule has 0 unspecified atom stereocenters. The van der Waals surface area contributed by atoms with Crippen LogP contribution < -0.4 is 0 Å². The van der Waals surface area contributed by atoms with Crippen LogP contribution in [0.1, 0.15) is 33.1 Å². The Morgan fingerprint density at radius 1 is 1.06 bits per heavy atom. The van der Waals surface area contributed by atoms with E-state index in [9.17, 15) is 0 Å². The molecule has 1 aliphatic rings. The first-order chi connectivity index (χ1) is 8.76. The van der Waals surface area contributed by atoms with E-state index < -0.39 is 8.80 Å². The molecule has 1 heterocycles. The van der Waals surface area contributed by atoms with Crippen LogP contribution in [0.15, 0.2) is 12.3 Å². The molecule has 106 valence electrons. The van der Waals surface area contributed by atoms with E-state index in [1.165, 1.54) is 32.4 Å². The van der Waals surface area contributed by atoms with Gasteiger partial charge in [-0.2, -0.15) is 0 Å². The quantitative estimate of drug-likeness (QED) is 0.603. The monoisotopic (exact) mass is 273 g/mol. The molecule has 0 spiro atoms. The minimum absolute atomic E-state index is 0.599. The molecule has 1 saturated heterocycles. The Hall–Kier alpha value is -0.203. The van der Waals surface area contributed by atoms with Gasteiger partial charge < -0.3 is 18.2 Å². The largest absolute Gasteiger partial charge is 0.529 e. The summed E-state index contributed by atoms with van der Waals surface area (Å²) in [4.78, 5) is 2.45. The van der Waals surface area contributed by atoms with Crippen LogP contribution in [-0.2, 0) is 13.3 Å². The Kier molecular flexibility index (Phi) is 7.77. The molecule has 0 saturated carbocycles. The molecule has 0 aromatic carbocycles. The molecular weight excluding hydrogens is 246 g/mol. The second kappa shape index (κ2) is 8.82. The van der Waals surface area contributed by atoms with Gasteiger partial charge in [0.15, 0.2) is 0 Å². The van der Waals surface area contributed by atoms with Gasteiger partial charge >= 0.3 is 8.80 Å². The molecule has 0 aromatic heterocycles. The van der Waals surface area contributed by atoms with Gasteiger partial charge in [-0.05, 0) is 45.5 Å². The fourth-order valence-corrected chi connectivity index (χ4v) is 3.99. The van der Waals surface area contributed by atoms with Gasteiger partial charge in [-0.1, -0.05) is 13.0 Å². The summed E-state index contributed by atoms with van der Waals surface area (Å²) in [5, 5.41) is 0. The van der Waals surface area contributed by atoms with E-state index in [1.54, 1.807) is 5.70 Å². The van der Waals surface area contributed by atoms with Gasteiger partial charge in [-0.15, -0.1) is 0 Å². The summed E-state index contributed by atoms with van der Waals surface area (Å²) in [5.74, 6) is 0. The van der Waals surface area contributed by atoms with E-state index in [4.69, 9.17) is 13.3 Å². The number of hydrogen-bond acceptors (Lipinski definition) is 4. The number of nitrogens with zero attached hydrogens (tertiary/aromatic N) is 1. The standard InChI is InChI=1S/C13H27NO3Si/c1-4-15-18(6-3,16-5-2)17-13-12-14-10-8-7-9-11-14/h6H,3-5,7-13H2,1-2H3. The third kappa shape index (κ3) is 5.20. The molecule has 0 N–H and O–H groups in total. The summed E-state index contributed by atoms with van der Waals surface area (Å²) in [7, 11) is -2.62. The predicted octanol–water partition coefficient (Wildman–Crippen LogP) is 2.23. The molecule has 18 heavy (non-hydrogen) atoms. The van der Waals surface area contributed by atoms with Crippen LogP contribution in [0.5, 0.6) is 0 Å². The van der Waals surface area contributed by atoms with Crippen LogP contribution in [0.4, 0.5) is 0 Å². The van der Waals surface area contributed by atoms with E-state index in [2.05, 4.69) is 11.5 Å². The maximum Gasteiger partial charge on any atom is 0.529 e. The van der Waals surface area contributed by atoms with Crippen molar-refractivity contribution in [3.05, 3.63) is 12.3 Å². The fraction of sp³-hybridized carbons (Fsp3) is 0.846. The molecule has 5 heteroatoms. The zero-order valence-corrected chi connectivity index (χ0v) is 12.8. The van der Waals surface area contributed by atoms with Crippen LogP contribution in [0.2, 0.25) is 0 Å². The smallest absolute Gasteiger partial charge is 0.371 e. The van der Waals surface area contributed by atoms with Crippen LogP contribution in [0.3, 0.4) is 0 Å². The normalized spacial score (nSPS) is 17.9. The highest BCUT2D eigenvalue weighted by molar-refractivity contribution is 6.66. The Morgan fingerprint density at radius 3 is 2.17 bits per heavy atom. The van der Waals surface area contributed by atoms with Crippen LogP contribution >= 0.6 is 0 Å². The van der Waals surface area contributed by atoms with E-state index in [0.717, 1.165) is 6.54 Å². The second-order valence-corrected chi connectivity index (χ2v) is 6.91. The Morgan fingerprint density at radius 2 is 1.67 bits per heavy atom. The number of hydrogen-bond donors (Lipinski definition) is 0. The molecule has 4 nitrogen and oxygen atoms in total. The average Bonchev–Trinajstić information content (AvgIpc) is 2.40. The molecule has 0 aliphatic carbocycles. The topological polar surface area (TPSA) is 30.9 Å². The van der Waals surface area contributed by atoms with Gasteiger partial charge in [0.25, 0.3) is 0 Å². The van der Waals surface area contributed by atoms with Crippen molar-refractivity contribution in [2.75, 3.05) is 39.5 Å². The molecule has 0 aromatic rings. The summed E-state index contributed by atoms with van der Waals surface area (Å²) in [6.07, 6.45) is 3.97. The van der Waals surface area contributed by atoms with Gasteiger partial charge in [-0.25, -0.2) is 0 Å². The third-order valence-corrected chi connectivity index (χ3v) is 5.59. The molecule has 0 bridgehead atoms. The molecule has 0 radical (unpaired) electrons. The Balaban J connectivity index is 2.33. The zero-order valence-electron chi connectivity index (χ0n) is 11.8. The van der Waals surface area contributed by atoms with Gasteiger partial charge in [0.05, 0.1) is 6.61 Å². The summed E-state index contributed by atoms with van der Waals surface area (Å²) >= 11 is 0. The third-order valence-electron chi connectivity index (χ3n) is 3.10. The SMILES string of the molecule is C=C[Si](OCC)(OCC)OCCN1CCCCC1. The van der Waals surface area contributed by atoms with Crippen molar-refractivity contribution in [3.63, 3.8) is 0 Å². The minimum atomic E-state index is -2.62. The van der Waals surface area contributed by atoms with Crippen molar-refractivity contribution in [2.45, 2.75) is 33.1 Å². The Labute approximate surface area is 112 Å². The fourth-order valence-electron chi connectivity index (χ4n) is 2.20. The van der Waals surface area contributed by atoms with Crippen molar-refractivity contribution >= 4 is 8.80 Å². The van der Waals surface area contributed by atoms with Gasteiger partial charge in [0.2, 0.25) is 0 Å². The van der Waals surface area contributed by atoms with Crippen LogP contribution in [-0.4, -0.2) is 53.2 Å². The van der Waals surface area contributed by atoms with Gasteiger partial charge in [0.1, 0.15) is 0 Å². The van der Waals surface area contributed by atoms with Crippen molar-refractivity contribution in [2.24, 2.45) is 0 Å². The number of likely N-dealkylation sites (tertiary alicyclic amines) is 1. The van der Waals surface area contributed by atoms with E-state index >= 15 is 0 Å². The minimum Gasteiger partial charge on any atom is -0.371 e. The lowest BCUT2D eigenvalue weighted by molar-refractivity contribution is 0.0677. The molecule has 0 atom stereocenters. The highest BCUT2D eigenvalue weighted by atomic mass is 28.4. The lowest BCUT2D eigenvalue weighted by Gasteiger charge is -2.29.